The van der Waals surface area contributed by atoms with Crippen molar-refractivity contribution in [2.24, 2.45) is 0 Å². The van der Waals surface area contributed by atoms with E-state index in [0.717, 1.165) is 5.52 Å². The number of nitrogens with zero attached hydrogens (tertiary/aromatic N) is 1. The Morgan fingerprint density at radius 1 is 1.50 bits per heavy atom. The molecule has 0 fully saturated rings. The molecule has 2 heterocycles. The van der Waals surface area contributed by atoms with Crippen LogP contribution >= 0.6 is 0 Å². The summed E-state index contributed by atoms with van der Waals surface area (Å²) in [6, 6.07) is 1.77. The normalized spacial score (nSPS) is 10.4. The third kappa shape index (κ3) is 0.556. The number of hydrogen-bond donors (Lipinski definition) is 2. The van der Waals surface area contributed by atoms with Crippen LogP contribution in [0, 0.1) is 0 Å². The lowest BCUT2D eigenvalue weighted by atomic mass is 10.3. The first-order chi connectivity index (χ1) is 4.88. The molecule has 0 unspecified atom stereocenters. The molecule has 0 atom stereocenters. The number of nitrogens with one attached hydrogen (secondary N) is 2. The van der Waals surface area contributed by atoms with Crippen molar-refractivity contribution in [1.29, 1.82) is 0 Å². The summed E-state index contributed by atoms with van der Waals surface area (Å²) in [5.41, 5.74) is 0.662. The predicted octanol–water partition coefficient (Wildman–Crippen LogP) is 0.251. The van der Waals surface area contributed by atoms with Crippen LogP contribution in [-0.2, 0) is 0 Å². The summed E-state index contributed by atoms with van der Waals surface area (Å²) < 4.78 is 0. The van der Waals surface area contributed by atoms with E-state index in [0.29, 0.717) is 5.39 Å². The van der Waals surface area contributed by atoms with Gasteiger partial charge in [-0.05, 0) is 6.07 Å². The summed E-state index contributed by atoms with van der Waals surface area (Å²) in [6.07, 6.45) is 3.09. The predicted molar refractivity (Wildman–Crippen MR) is 36.7 cm³/mol. The van der Waals surface area contributed by atoms with Crippen LogP contribution in [0.15, 0.2) is 23.3 Å². The molecule has 2 N–H and O–H groups in total. The number of hydrogen-bond acceptors (Lipinski definition) is 2. The first kappa shape index (κ1) is 5.22. The van der Waals surface area contributed by atoms with Crippen LogP contribution in [0.4, 0.5) is 0 Å². The summed E-state index contributed by atoms with van der Waals surface area (Å²) in [4.78, 5) is 13.5. The Morgan fingerprint density at radius 3 is 3.20 bits per heavy atom. The highest BCUT2D eigenvalue weighted by Crippen LogP contribution is 2.00. The van der Waals surface area contributed by atoms with Crippen LogP contribution in [0.5, 0.6) is 0 Å². The van der Waals surface area contributed by atoms with Gasteiger partial charge in [-0.2, -0.15) is 5.10 Å². The number of rotatable bonds is 0. The average Bonchev–Trinajstić information content (AvgIpc) is 2.36. The highest BCUT2D eigenvalue weighted by Gasteiger charge is 1.95. The second-order valence-electron chi connectivity index (χ2n) is 2.00. The van der Waals surface area contributed by atoms with E-state index < -0.39 is 0 Å². The van der Waals surface area contributed by atoms with Crippen LogP contribution < -0.4 is 5.56 Å². The largest absolute Gasteiger partial charge is 0.328 e. The molecule has 4 nitrogen and oxygen atoms in total. The molecule has 4 heteroatoms. The Labute approximate surface area is 55.9 Å². The summed E-state index contributed by atoms with van der Waals surface area (Å²) in [7, 11) is 0. The third-order valence-electron chi connectivity index (χ3n) is 1.38. The molecule has 10 heavy (non-hydrogen) atoms. The summed E-state index contributed by atoms with van der Waals surface area (Å²) in [5.74, 6) is 0. The van der Waals surface area contributed by atoms with E-state index >= 15 is 0 Å². The van der Waals surface area contributed by atoms with Gasteiger partial charge in [-0.3, -0.25) is 9.89 Å². The van der Waals surface area contributed by atoms with Crippen molar-refractivity contribution in [2.75, 3.05) is 0 Å². The SMILES string of the molecule is O=c1[nH]ccc2[nH]ncc12. The van der Waals surface area contributed by atoms with Crippen molar-refractivity contribution in [3.05, 3.63) is 28.8 Å². The Bertz CT molecular complexity index is 400. The highest BCUT2D eigenvalue weighted by molar-refractivity contribution is 5.75. The van der Waals surface area contributed by atoms with Crippen molar-refractivity contribution in [1.82, 2.24) is 15.2 Å². The smallest absolute Gasteiger partial charge is 0.259 e. The molecular weight excluding hydrogens is 130 g/mol. The van der Waals surface area contributed by atoms with Gasteiger partial charge in [0.25, 0.3) is 5.56 Å². The number of pyridine rings is 1. The van der Waals surface area contributed by atoms with Gasteiger partial charge >= 0.3 is 0 Å². The third-order valence-corrected chi connectivity index (χ3v) is 1.38. The average molecular weight is 135 g/mol. The molecule has 2 aromatic rings. The van der Waals surface area contributed by atoms with Gasteiger partial charge in [-0.1, -0.05) is 0 Å². The minimum absolute atomic E-state index is 0.105. The molecule has 0 aliphatic carbocycles. The summed E-state index contributed by atoms with van der Waals surface area (Å²) in [5, 5.41) is 7.01. The lowest BCUT2D eigenvalue weighted by Gasteiger charge is -1.82. The van der Waals surface area contributed by atoms with Gasteiger partial charge in [0.15, 0.2) is 0 Å². The van der Waals surface area contributed by atoms with Crippen molar-refractivity contribution in [3.8, 4) is 0 Å². The van der Waals surface area contributed by atoms with E-state index in [1.165, 1.54) is 6.20 Å². The molecular formula is C6H5N3O. The summed E-state index contributed by atoms with van der Waals surface area (Å²) in [6.45, 7) is 0. The van der Waals surface area contributed by atoms with Crippen molar-refractivity contribution in [2.45, 2.75) is 0 Å². The standard InChI is InChI=1S/C6H5N3O/c10-6-4-3-8-9-5(4)1-2-7-6/h1-3H,(H,7,10)(H,8,9). The monoisotopic (exact) mass is 135 g/mol. The van der Waals surface area contributed by atoms with Crippen molar-refractivity contribution in [3.63, 3.8) is 0 Å². The van der Waals surface area contributed by atoms with Crippen LogP contribution in [0.2, 0.25) is 0 Å². The minimum Gasteiger partial charge on any atom is -0.328 e. The molecule has 2 aromatic heterocycles. The zero-order valence-electron chi connectivity index (χ0n) is 5.09. The molecule has 0 aliphatic rings. The first-order valence-corrected chi connectivity index (χ1v) is 2.89. The van der Waals surface area contributed by atoms with Gasteiger partial charge in [-0.25, -0.2) is 0 Å². The van der Waals surface area contributed by atoms with E-state index in [-0.39, 0.29) is 5.56 Å². The van der Waals surface area contributed by atoms with Gasteiger partial charge < -0.3 is 4.98 Å². The first-order valence-electron chi connectivity index (χ1n) is 2.89. The van der Waals surface area contributed by atoms with Crippen LogP contribution in [0.1, 0.15) is 0 Å². The zero-order chi connectivity index (χ0) is 6.97. The van der Waals surface area contributed by atoms with Gasteiger partial charge in [0, 0.05) is 6.20 Å². The van der Waals surface area contributed by atoms with E-state index in [4.69, 9.17) is 0 Å². The Kier molecular flexibility index (Phi) is 0.887. The minimum atomic E-state index is -0.105. The molecule has 0 aromatic carbocycles. The second-order valence-corrected chi connectivity index (χ2v) is 2.00. The maximum Gasteiger partial charge on any atom is 0.259 e. The maximum atomic E-state index is 10.9. The van der Waals surface area contributed by atoms with Gasteiger partial charge in [0.2, 0.25) is 0 Å². The van der Waals surface area contributed by atoms with Crippen molar-refractivity contribution >= 4 is 10.9 Å². The highest BCUT2D eigenvalue weighted by atomic mass is 16.1. The lowest BCUT2D eigenvalue weighted by Crippen LogP contribution is -2.02. The van der Waals surface area contributed by atoms with Gasteiger partial charge in [0.05, 0.1) is 17.1 Å². The molecule has 0 bridgehead atoms. The number of H-pyrrole nitrogens is 2. The molecule has 2 rings (SSSR count). The van der Waals surface area contributed by atoms with E-state index in [1.54, 1.807) is 12.3 Å². The molecule has 0 saturated carbocycles. The fraction of sp³-hybridized carbons (Fsp3) is 0. The quantitative estimate of drug-likeness (QED) is 0.544. The fourth-order valence-corrected chi connectivity index (χ4v) is 0.883. The van der Waals surface area contributed by atoms with Crippen LogP contribution in [0.3, 0.4) is 0 Å². The molecule has 50 valence electrons. The van der Waals surface area contributed by atoms with E-state index in [9.17, 15) is 4.79 Å². The van der Waals surface area contributed by atoms with Crippen LogP contribution in [-0.4, -0.2) is 15.2 Å². The second kappa shape index (κ2) is 1.70. The van der Waals surface area contributed by atoms with Gasteiger partial charge in [0.1, 0.15) is 0 Å². The zero-order valence-corrected chi connectivity index (χ0v) is 5.09. The number of aromatic nitrogens is 3. The fourth-order valence-electron chi connectivity index (χ4n) is 0.883. The Hall–Kier alpha value is -1.58. The topological polar surface area (TPSA) is 61.5 Å². The summed E-state index contributed by atoms with van der Waals surface area (Å²) >= 11 is 0. The van der Waals surface area contributed by atoms with E-state index in [1.807, 2.05) is 0 Å². The van der Waals surface area contributed by atoms with Crippen molar-refractivity contribution < 1.29 is 0 Å². The maximum absolute atomic E-state index is 10.9. The Morgan fingerprint density at radius 2 is 2.40 bits per heavy atom. The molecule has 0 aliphatic heterocycles. The molecule has 0 amide bonds. The molecule has 0 saturated heterocycles. The Balaban J connectivity index is 3.09. The van der Waals surface area contributed by atoms with E-state index in [2.05, 4.69) is 15.2 Å². The number of fused-ring (bicyclic) bond motifs is 1. The molecule has 0 radical (unpaired) electrons. The van der Waals surface area contributed by atoms with Crippen LogP contribution in [0.25, 0.3) is 10.9 Å². The molecule has 0 spiro atoms. The van der Waals surface area contributed by atoms with Gasteiger partial charge in [-0.15, -0.1) is 0 Å². The lowest BCUT2D eigenvalue weighted by molar-refractivity contribution is 1.12. The number of aromatic amines is 2.